The molecule has 0 aliphatic carbocycles. The van der Waals surface area contributed by atoms with Crippen LogP contribution >= 0.6 is 11.6 Å². The number of primary amides is 1. The Balaban J connectivity index is 2.42. The van der Waals surface area contributed by atoms with Crippen LogP contribution in [-0.2, 0) is 9.59 Å². The van der Waals surface area contributed by atoms with Crippen molar-refractivity contribution in [1.82, 2.24) is 4.90 Å². The van der Waals surface area contributed by atoms with Crippen molar-refractivity contribution in [1.29, 1.82) is 0 Å². The van der Waals surface area contributed by atoms with Crippen LogP contribution in [-0.4, -0.2) is 35.9 Å². The first-order chi connectivity index (χ1) is 10.3. The van der Waals surface area contributed by atoms with E-state index in [-0.39, 0.29) is 18.5 Å². The molecule has 6 heteroatoms. The molecule has 0 atom stereocenters. The van der Waals surface area contributed by atoms with Crippen LogP contribution in [0.15, 0.2) is 18.2 Å². The van der Waals surface area contributed by atoms with Gasteiger partial charge in [-0.2, -0.15) is 0 Å². The summed E-state index contributed by atoms with van der Waals surface area (Å²) in [5.41, 5.74) is 6.12. The number of carbonyl (C=O) groups excluding carboxylic acids is 2. The molecule has 2 N–H and O–H groups in total. The van der Waals surface area contributed by atoms with E-state index in [2.05, 4.69) is 0 Å². The SMILES string of the molecule is Cc1cc(Cl)ccc1OCCCC(=O)N(CC(N)=O)C(C)C. The summed E-state index contributed by atoms with van der Waals surface area (Å²) in [5.74, 6) is 0.162. The highest BCUT2D eigenvalue weighted by Gasteiger charge is 2.18. The van der Waals surface area contributed by atoms with Crippen LogP contribution in [0, 0.1) is 6.92 Å². The molecule has 122 valence electrons. The lowest BCUT2D eigenvalue weighted by atomic mass is 10.2. The van der Waals surface area contributed by atoms with Gasteiger partial charge in [0.25, 0.3) is 0 Å². The first-order valence-corrected chi connectivity index (χ1v) is 7.65. The normalized spacial score (nSPS) is 10.6. The van der Waals surface area contributed by atoms with E-state index in [1.165, 1.54) is 4.90 Å². The molecule has 0 fully saturated rings. The second-order valence-corrected chi connectivity index (χ2v) is 5.88. The summed E-state index contributed by atoms with van der Waals surface area (Å²) >= 11 is 5.88. The van der Waals surface area contributed by atoms with Gasteiger partial charge in [-0.3, -0.25) is 9.59 Å². The molecule has 1 aromatic rings. The van der Waals surface area contributed by atoms with E-state index in [0.717, 1.165) is 11.3 Å². The van der Waals surface area contributed by atoms with Gasteiger partial charge in [0.2, 0.25) is 11.8 Å². The highest BCUT2D eigenvalue weighted by atomic mass is 35.5. The minimum absolute atomic E-state index is 0.0480. The van der Waals surface area contributed by atoms with Crippen LogP contribution in [0.1, 0.15) is 32.3 Å². The van der Waals surface area contributed by atoms with Crippen molar-refractivity contribution in [2.75, 3.05) is 13.2 Å². The molecular weight excluding hydrogens is 304 g/mol. The topological polar surface area (TPSA) is 72.6 Å². The average Bonchev–Trinajstić information content (AvgIpc) is 2.42. The first kappa shape index (κ1) is 18.3. The molecule has 0 saturated carbocycles. The van der Waals surface area contributed by atoms with Crippen LogP contribution in [0.4, 0.5) is 0 Å². The Morgan fingerprint density at radius 3 is 2.59 bits per heavy atom. The van der Waals surface area contributed by atoms with Crippen molar-refractivity contribution in [2.45, 2.75) is 39.7 Å². The lowest BCUT2D eigenvalue weighted by Gasteiger charge is -2.25. The largest absolute Gasteiger partial charge is 0.493 e. The quantitative estimate of drug-likeness (QED) is 0.746. The zero-order chi connectivity index (χ0) is 16.7. The predicted octanol–water partition coefficient (Wildman–Crippen LogP) is 2.53. The highest BCUT2D eigenvalue weighted by Crippen LogP contribution is 2.22. The molecule has 22 heavy (non-hydrogen) atoms. The third-order valence-corrected chi connectivity index (χ3v) is 3.43. The van der Waals surface area contributed by atoms with Crippen LogP contribution in [0.5, 0.6) is 5.75 Å². The van der Waals surface area contributed by atoms with Crippen molar-refractivity contribution in [3.8, 4) is 5.75 Å². The van der Waals surface area contributed by atoms with Gasteiger partial charge < -0.3 is 15.4 Å². The molecule has 0 bridgehead atoms. The Morgan fingerprint density at radius 2 is 2.05 bits per heavy atom. The van der Waals surface area contributed by atoms with E-state index in [1.807, 2.05) is 32.9 Å². The van der Waals surface area contributed by atoms with E-state index in [1.54, 1.807) is 6.07 Å². The molecular formula is C16H23ClN2O3. The third kappa shape index (κ3) is 5.93. The number of nitrogens with zero attached hydrogens (tertiary/aromatic N) is 1. The number of ether oxygens (including phenoxy) is 1. The Morgan fingerprint density at radius 1 is 1.36 bits per heavy atom. The number of benzene rings is 1. The number of rotatable bonds is 8. The van der Waals surface area contributed by atoms with Crippen molar-refractivity contribution < 1.29 is 14.3 Å². The van der Waals surface area contributed by atoms with E-state index < -0.39 is 5.91 Å². The lowest BCUT2D eigenvalue weighted by Crippen LogP contribution is -2.42. The van der Waals surface area contributed by atoms with Gasteiger partial charge in [-0.25, -0.2) is 0 Å². The summed E-state index contributed by atoms with van der Waals surface area (Å²) in [6, 6.07) is 5.35. The molecule has 0 aliphatic heterocycles. The van der Waals surface area contributed by atoms with Gasteiger partial charge in [-0.15, -0.1) is 0 Å². The number of hydrogen-bond acceptors (Lipinski definition) is 3. The fourth-order valence-corrected chi connectivity index (χ4v) is 2.28. The number of aryl methyl sites for hydroxylation is 1. The molecule has 0 spiro atoms. The van der Waals surface area contributed by atoms with Crippen LogP contribution < -0.4 is 10.5 Å². The maximum atomic E-state index is 12.1. The van der Waals surface area contributed by atoms with E-state index in [4.69, 9.17) is 22.1 Å². The molecule has 1 rings (SSSR count). The minimum Gasteiger partial charge on any atom is -0.493 e. The van der Waals surface area contributed by atoms with Gasteiger partial charge in [0.15, 0.2) is 0 Å². The van der Waals surface area contributed by atoms with Gasteiger partial charge in [0.1, 0.15) is 5.75 Å². The summed E-state index contributed by atoms with van der Waals surface area (Å²) in [5, 5.41) is 0.666. The van der Waals surface area contributed by atoms with Gasteiger partial charge in [-0.05, 0) is 51.0 Å². The third-order valence-electron chi connectivity index (χ3n) is 3.20. The summed E-state index contributed by atoms with van der Waals surface area (Å²) < 4.78 is 5.64. The second kappa shape index (κ2) is 8.63. The fraction of sp³-hybridized carbons (Fsp3) is 0.500. The number of amides is 2. The molecule has 0 saturated heterocycles. The number of halogens is 1. The van der Waals surface area contributed by atoms with Crippen LogP contribution in [0.3, 0.4) is 0 Å². The van der Waals surface area contributed by atoms with E-state index >= 15 is 0 Å². The van der Waals surface area contributed by atoms with E-state index in [0.29, 0.717) is 24.5 Å². The average molecular weight is 327 g/mol. The highest BCUT2D eigenvalue weighted by molar-refractivity contribution is 6.30. The smallest absolute Gasteiger partial charge is 0.237 e. The maximum absolute atomic E-state index is 12.1. The molecule has 5 nitrogen and oxygen atoms in total. The molecule has 0 heterocycles. The summed E-state index contributed by atoms with van der Waals surface area (Å²) in [4.78, 5) is 24.6. The molecule has 2 amide bonds. The Bertz CT molecular complexity index is 532. The van der Waals surface area contributed by atoms with Gasteiger partial charge in [0, 0.05) is 17.5 Å². The van der Waals surface area contributed by atoms with Gasteiger partial charge in [0.05, 0.1) is 13.2 Å². The molecule has 0 radical (unpaired) electrons. The standard InChI is InChI=1S/C16H23ClN2O3/c1-11(2)19(10-15(18)20)16(21)5-4-8-22-14-7-6-13(17)9-12(14)3/h6-7,9,11H,4-5,8,10H2,1-3H3,(H2,18,20). The van der Waals surface area contributed by atoms with Crippen LogP contribution in [0.2, 0.25) is 5.02 Å². The monoisotopic (exact) mass is 326 g/mol. The Hall–Kier alpha value is -1.75. The zero-order valence-corrected chi connectivity index (χ0v) is 14.0. The number of hydrogen-bond donors (Lipinski definition) is 1. The molecule has 0 aliphatic rings. The predicted molar refractivity (Wildman–Crippen MR) is 87.0 cm³/mol. The van der Waals surface area contributed by atoms with Crippen molar-refractivity contribution in [3.63, 3.8) is 0 Å². The van der Waals surface area contributed by atoms with Crippen molar-refractivity contribution in [2.24, 2.45) is 5.73 Å². The zero-order valence-electron chi connectivity index (χ0n) is 13.3. The summed E-state index contributed by atoms with van der Waals surface area (Å²) in [6.45, 7) is 6.01. The Labute approximate surface area is 136 Å². The van der Waals surface area contributed by atoms with Crippen molar-refractivity contribution >= 4 is 23.4 Å². The fourth-order valence-electron chi connectivity index (χ4n) is 2.05. The molecule has 0 unspecified atom stereocenters. The van der Waals surface area contributed by atoms with Gasteiger partial charge in [-0.1, -0.05) is 11.6 Å². The second-order valence-electron chi connectivity index (χ2n) is 5.44. The molecule has 0 aromatic heterocycles. The first-order valence-electron chi connectivity index (χ1n) is 7.28. The number of carbonyl (C=O) groups is 2. The maximum Gasteiger partial charge on any atom is 0.237 e. The number of nitrogens with two attached hydrogens (primary N) is 1. The Kier molecular flexibility index (Phi) is 7.18. The van der Waals surface area contributed by atoms with E-state index in [9.17, 15) is 9.59 Å². The summed E-state index contributed by atoms with van der Waals surface area (Å²) in [6.07, 6.45) is 0.890. The lowest BCUT2D eigenvalue weighted by molar-refractivity contribution is -0.137. The minimum atomic E-state index is -0.505. The summed E-state index contributed by atoms with van der Waals surface area (Å²) in [7, 11) is 0. The van der Waals surface area contributed by atoms with Crippen LogP contribution in [0.25, 0.3) is 0 Å². The van der Waals surface area contributed by atoms with Gasteiger partial charge >= 0.3 is 0 Å². The van der Waals surface area contributed by atoms with Crippen molar-refractivity contribution in [3.05, 3.63) is 28.8 Å². The molecule has 1 aromatic carbocycles.